The minimum absolute atomic E-state index is 0.184. The Morgan fingerprint density at radius 3 is 2.66 bits per heavy atom. The van der Waals surface area contributed by atoms with Gasteiger partial charge in [0.05, 0.1) is 11.6 Å². The topological polar surface area (TPSA) is 42.4 Å². The summed E-state index contributed by atoms with van der Waals surface area (Å²) in [5.74, 6) is 2.35. The Balaban J connectivity index is 1.38. The molecular formula is C25H21NO2S. The van der Waals surface area contributed by atoms with Crippen LogP contribution in [0.3, 0.4) is 0 Å². The van der Waals surface area contributed by atoms with Crippen molar-refractivity contribution in [1.82, 2.24) is 4.98 Å². The van der Waals surface area contributed by atoms with E-state index in [9.17, 15) is 5.11 Å². The van der Waals surface area contributed by atoms with Crippen molar-refractivity contribution in [3.05, 3.63) is 96.1 Å². The van der Waals surface area contributed by atoms with Crippen molar-refractivity contribution in [1.29, 1.82) is 0 Å². The first-order valence-corrected chi connectivity index (χ1v) is 10.8. The molecule has 1 N–H and O–H groups in total. The van der Waals surface area contributed by atoms with Gasteiger partial charge in [-0.3, -0.25) is 0 Å². The van der Waals surface area contributed by atoms with E-state index in [-0.39, 0.29) is 5.92 Å². The molecule has 3 aromatic carbocycles. The van der Waals surface area contributed by atoms with E-state index in [4.69, 9.17) is 4.74 Å². The van der Waals surface area contributed by atoms with Crippen molar-refractivity contribution in [2.75, 3.05) is 5.75 Å². The second-order valence-corrected chi connectivity index (χ2v) is 8.41. The van der Waals surface area contributed by atoms with Crippen molar-refractivity contribution in [3.63, 3.8) is 0 Å². The van der Waals surface area contributed by atoms with E-state index in [0.717, 1.165) is 33.5 Å². The van der Waals surface area contributed by atoms with Gasteiger partial charge in [0.25, 0.3) is 0 Å². The van der Waals surface area contributed by atoms with Crippen LogP contribution in [-0.2, 0) is 6.42 Å². The molecule has 29 heavy (non-hydrogen) atoms. The van der Waals surface area contributed by atoms with E-state index in [0.29, 0.717) is 11.6 Å². The number of benzene rings is 3. The molecule has 1 aromatic heterocycles. The molecule has 144 valence electrons. The van der Waals surface area contributed by atoms with Crippen LogP contribution in [0.15, 0.2) is 89.8 Å². The number of nitrogens with zero attached hydrogens (tertiary/aromatic N) is 1. The van der Waals surface area contributed by atoms with Crippen LogP contribution in [0, 0.1) is 5.92 Å². The zero-order valence-corrected chi connectivity index (χ0v) is 16.7. The van der Waals surface area contributed by atoms with Gasteiger partial charge in [0.15, 0.2) is 0 Å². The molecule has 2 atom stereocenters. The monoisotopic (exact) mass is 399 g/mol. The van der Waals surface area contributed by atoms with Gasteiger partial charge in [-0.2, -0.15) is 0 Å². The number of hydrogen-bond acceptors (Lipinski definition) is 4. The third-order valence-corrected chi connectivity index (χ3v) is 6.61. The molecule has 2 heterocycles. The number of hydrogen-bond donors (Lipinski definition) is 1. The minimum Gasteiger partial charge on any atom is -0.439 e. The predicted molar refractivity (Wildman–Crippen MR) is 118 cm³/mol. The normalized spacial score (nSPS) is 18.4. The number of aromatic nitrogens is 1. The first-order valence-electron chi connectivity index (χ1n) is 9.79. The lowest BCUT2D eigenvalue weighted by molar-refractivity contribution is 0.114. The summed E-state index contributed by atoms with van der Waals surface area (Å²) in [5, 5.41) is 12.1. The van der Waals surface area contributed by atoms with Crippen molar-refractivity contribution < 1.29 is 9.84 Å². The van der Waals surface area contributed by atoms with Crippen molar-refractivity contribution in [2.24, 2.45) is 5.92 Å². The molecule has 0 bridgehead atoms. The molecule has 0 fully saturated rings. The molecule has 5 rings (SSSR count). The third-order valence-electron chi connectivity index (χ3n) is 5.34. The van der Waals surface area contributed by atoms with Crippen LogP contribution in [0.25, 0.3) is 10.9 Å². The quantitative estimate of drug-likeness (QED) is 0.455. The average molecular weight is 400 g/mol. The van der Waals surface area contributed by atoms with Gasteiger partial charge < -0.3 is 9.84 Å². The highest BCUT2D eigenvalue weighted by atomic mass is 32.2. The van der Waals surface area contributed by atoms with Crippen LogP contribution < -0.4 is 4.74 Å². The number of para-hydroxylation sites is 1. The standard InChI is InChI=1S/C25H21NO2S/c27-25-19(14-17-6-2-1-3-7-17)16-29-23-12-11-20(15-21(23)25)28-24-13-10-18-8-4-5-9-22(18)26-24/h1-13,15,19,25,27H,14,16H2. The van der Waals surface area contributed by atoms with Crippen LogP contribution >= 0.6 is 11.8 Å². The summed E-state index contributed by atoms with van der Waals surface area (Å²) < 4.78 is 6.02. The number of rotatable bonds is 4. The summed E-state index contributed by atoms with van der Waals surface area (Å²) in [4.78, 5) is 5.71. The van der Waals surface area contributed by atoms with Gasteiger partial charge in [0, 0.05) is 28.0 Å². The highest BCUT2D eigenvalue weighted by Crippen LogP contribution is 2.42. The lowest BCUT2D eigenvalue weighted by Gasteiger charge is -2.30. The van der Waals surface area contributed by atoms with E-state index < -0.39 is 6.10 Å². The highest BCUT2D eigenvalue weighted by Gasteiger charge is 2.29. The van der Waals surface area contributed by atoms with Gasteiger partial charge in [0.2, 0.25) is 5.88 Å². The second kappa shape index (κ2) is 7.90. The number of pyridine rings is 1. The molecule has 0 saturated heterocycles. The Bertz CT molecular complexity index is 1150. The summed E-state index contributed by atoms with van der Waals surface area (Å²) >= 11 is 1.81. The molecular weight excluding hydrogens is 378 g/mol. The lowest BCUT2D eigenvalue weighted by Crippen LogP contribution is -2.22. The molecule has 4 heteroatoms. The predicted octanol–water partition coefficient (Wildman–Crippen LogP) is 6.03. The average Bonchev–Trinajstić information content (AvgIpc) is 2.77. The van der Waals surface area contributed by atoms with Crippen LogP contribution in [0.5, 0.6) is 11.6 Å². The summed E-state index contributed by atoms with van der Waals surface area (Å²) in [7, 11) is 0. The number of aliphatic hydroxyl groups is 1. The molecule has 0 radical (unpaired) electrons. The first kappa shape index (κ1) is 18.2. The molecule has 4 aromatic rings. The summed E-state index contributed by atoms with van der Waals surface area (Å²) in [6.07, 6.45) is 0.366. The van der Waals surface area contributed by atoms with Gasteiger partial charge in [0.1, 0.15) is 5.75 Å². The fraction of sp³-hybridized carbons (Fsp3) is 0.160. The minimum atomic E-state index is -0.500. The van der Waals surface area contributed by atoms with E-state index in [1.807, 2.05) is 72.8 Å². The SMILES string of the molecule is OC1c2cc(Oc3ccc4ccccc4n3)ccc2SCC1Cc1ccccc1. The maximum atomic E-state index is 11.0. The van der Waals surface area contributed by atoms with Crippen molar-refractivity contribution >= 4 is 22.7 Å². The fourth-order valence-corrected chi connectivity index (χ4v) is 5.01. The summed E-state index contributed by atoms with van der Waals surface area (Å²) in [6, 6.07) is 28.2. The molecule has 3 nitrogen and oxygen atoms in total. The third kappa shape index (κ3) is 3.86. The fourth-order valence-electron chi connectivity index (χ4n) is 3.81. The summed E-state index contributed by atoms with van der Waals surface area (Å²) in [6.45, 7) is 0. The molecule has 0 spiro atoms. The van der Waals surface area contributed by atoms with Gasteiger partial charge in [-0.25, -0.2) is 4.98 Å². The number of thioether (sulfide) groups is 1. The molecule has 1 aliphatic rings. The number of ether oxygens (including phenoxy) is 1. The molecule has 0 amide bonds. The van der Waals surface area contributed by atoms with E-state index >= 15 is 0 Å². The maximum Gasteiger partial charge on any atom is 0.219 e. The Morgan fingerprint density at radius 1 is 0.931 bits per heavy atom. The number of aliphatic hydroxyl groups excluding tert-OH is 1. The Labute approximate surface area is 174 Å². The van der Waals surface area contributed by atoms with Crippen LogP contribution in [0.2, 0.25) is 0 Å². The second-order valence-electron chi connectivity index (χ2n) is 7.35. The van der Waals surface area contributed by atoms with E-state index in [1.54, 1.807) is 11.8 Å². The van der Waals surface area contributed by atoms with Crippen molar-refractivity contribution in [3.8, 4) is 11.6 Å². The molecule has 0 aliphatic carbocycles. The van der Waals surface area contributed by atoms with Crippen LogP contribution in [0.4, 0.5) is 0 Å². The van der Waals surface area contributed by atoms with Crippen molar-refractivity contribution in [2.45, 2.75) is 17.4 Å². The van der Waals surface area contributed by atoms with Gasteiger partial charge >= 0.3 is 0 Å². The maximum absolute atomic E-state index is 11.0. The molecule has 2 unspecified atom stereocenters. The summed E-state index contributed by atoms with van der Waals surface area (Å²) in [5.41, 5.74) is 3.11. The van der Waals surface area contributed by atoms with Crippen LogP contribution in [-0.4, -0.2) is 15.8 Å². The Kier molecular flexibility index (Phi) is 4.96. The largest absolute Gasteiger partial charge is 0.439 e. The van der Waals surface area contributed by atoms with Gasteiger partial charge in [-0.15, -0.1) is 11.8 Å². The number of fused-ring (bicyclic) bond motifs is 2. The van der Waals surface area contributed by atoms with Gasteiger partial charge in [-0.05, 0) is 47.9 Å². The molecule has 1 aliphatic heterocycles. The lowest BCUT2D eigenvalue weighted by atomic mass is 9.90. The van der Waals surface area contributed by atoms with Gasteiger partial charge in [-0.1, -0.05) is 48.5 Å². The van der Waals surface area contributed by atoms with E-state index in [2.05, 4.69) is 17.1 Å². The van der Waals surface area contributed by atoms with Crippen LogP contribution in [0.1, 0.15) is 17.2 Å². The smallest absolute Gasteiger partial charge is 0.219 e. The first-order chi connectivity index (χ1) is 14.3. The highest BCUT2D eigenvalue weighted by molar-refractivity contribution is 7.99. The van der Waals surface area contributed by atoms with E-state index in [1.165, 1.54) is 5.56 Å². The molecule has 0 saturated carbocycles. The Hall–Kier alpha value is -2.82. The zero-order chi connectivity index (χ0) is 19.6. The zero-order valence-electron chi connectivity index (χ0n) is 15.9. The Morgan fingerprint density at radius 2 is 1.76 bits per heavy atom.